The summed E-state index contributed by atoms with van der Waals surface area (Å²) in [7, 11) is 0. The van der Waals surface area contributed by atoms with Crippen molar-refractivity contribution in [2.45, 2.75) is 26.8 Å². The molecule has 4 heteroatoms. The van der Waals surface area contributed by atoms with Gasteiger partial charge in [-0.05, 0) is 24.0 Å². The molecule has 1 aromatic rings. The van der Waals surface area contributed by atoms with Crippen molar-refractivity contribution < 1.29 is 4.79 Å². The summed E-state index contributed by atoms with van der Waals surface area (Å²) in [4.78, 5) is 12.1. The number of anilines is 2. The maximum absolute atomic E-state index is 12.1. The maximum Gasteiger partial charge on any atom is 0.244 e. The van der Waals surface area contributed by atoms with E-state index >= 15 is 0 Å². The molecule has 0 spiro atoms. The highest BCUT2D eigenvalue weighted by molar-refractivity contribution is 5.88. The highest BCUT2D eigenvalue weighted by Crippen LogP contribution is 2.25. The van der Waals surface area contributed by atoms with Crippen LogP contribution >= 0.6 is 0 Å². The van der Waals surface area contributed by atoms with Crippen molar-refractivity contribution in [3.63, 3.8) is 0 Å². The monoisotopic (exact) mass is 261 g/mol. The fraction of sp³-hybridized carbons (Fsp3) is 0.533. The zero-order valence-electron chi connectivity index (χ0n) is 11.9. The van der Waals surface area contributed by atoms with Crippen LogP contribution in [0.3, 0.4) is 0 Å². The fourth-order valence-corrected chi connectivity index (χ4v) is 1.99. The first-order chi connectivity index (χ1) is 9.08. The number of amides is 1. The molecule has 2 unspecified atom stereocenters. The molecule has 0 radical (unpaired) electrons. The van der Waals surface area contributed by atoms with Gasteiger partial charge in [0.2, 0.25) is 5.91 Å². The van der Waals surface area contributed by atoms with Crippen LogP contribution in [0.15, 0.2) is 24.3 Å². The topological polar surface area (TPSA) is 53.2 Å². The van der Waals surface area contributed by atoms with Crippen molar-refractivity contribution in [3.05, 3.63) is 24.3 Å². The standard InChI is InChI=1S/C15H23N3O/c1-10(2)11(3)8-17-15(19)14-9-16-12-6-4-5-7-13(12)18-14/h4-7,10-11,14,16,18H,8-9H2,1-3H3,(H,17,19). The Balaban J connectivity index is 1.89. The van der Waals surface area contributed by atoms with Crippen LogP contribution in [-0.4, -0.2) is 25.0 Å². The molecule has 0 aromatic heterocycles. The van der Waals surface area contributed by atoms with Gasteiger partial charge in [-0.3, -0.25) is 4.79 Å². The van der Waals surface area contributed by atoms with Gasteiger partial charge in [0, 0.05) is 13.1 Å². The lowest BCUT2D eigenvalue weighted by Crippen LogP contribution is -2.47. The van der Waals surface area contributed by atoms with Crippen molar-refractivity contribution >= 4 is 17.3 Å². The Morgan fingerprint density at radius 3 is 2.68 bits per heavy atom. The van der Waals surface area contributed by atoms with Crippen LogP contribution in [0.4, 0.5) is 11.4 Å². The summed E-state index contributed by atoms with van der Waals surface area (Å²) in [5.74, 6) is 1.14. The Labute approximate surface area is 115 Å². The van der Waals surface area contributed by atoms with Crippen molar-refractivity contribution in [1.82, 2.24) is 5.32 Å². The number of para-hydroxylation sites is 2. The SMILES string of the molecule is CC(C)C(C)CNC(=O)C1CNc2ccccc2N1. The van der Waals surface area contributed by atoms with Crippen molar-refractivity contribution in [1.29, 1.82) is 0 Å². The van der Waals surface area contributed by atoms with Crippen LogP contribution < -0.4 is 16.0 Å². The molecule has 19 heavy (non-hydrogen) atoms. The van der Waals surface area contributed by atoms with Gasteiger partial charge in [-0.1, -0.05) is 32.9 Å². The zero-order valence-corrected chi connectivity index (χ0v) is 11.9. The zero-order chi connectivity index (χ0) is 13.8. The van der Waals surface area contributed by atoms with E-state index < -0.39 is 0 Å². The predicted molar refractivity (Wildman–Crippen MR) is 79.4 cm³/mol. The van der Waals surface area contributed by atoms with Gasteiger partial charge in [-0.25, -0.2) is 0 Å². The van der Waals surface area contributed by atoms with E-state index in [-0.39, 0.29) is 11.9 Å². The number of carbonyl (C=O) groups excluding carboxylic acids is 1. The molecule has 0 bridgehead atoms. The van der Waals surface area contributed by atoms with Gasteiger partial charge in [0.05, 0.1) is 11.4 Å². The molecule has 0 saturated heterocycles. The van der Waals surface area contributed by atoms with Gasteiger partial charge in [0.25, 0.3) is 0 Å². The third-order valence-electron chi connectivity index (χ3n) is 3.81. The number of rotatable bonds is 4. The van der Waals surface area contributed by atoms with Gasteiger partial charge in [-0.2, -0.15) is 0 Å². The van der Waals surface area contributed by atoms with Gasteiger partial charge in [-0.15, -0.1) is 0 Å². The number of nitrogens with one attached hydrogen (secondary N) is 3. The van der Waals surface area contributed by atoms with Crippen molar-refractivity contribution in [2.75, 3.05) is 23.7 Å². The van der Waals surface area contributed by atoms with Crippen LogP contribution in [0.25, 0.3) is 0 Å². The second-order valence-electron chi connectivity index (χ2n) is 5.59. The number of hydrogen-bond donors (Lipinski definition) is 3. The van der Waals surface area contributed by atoms with Crippen molar-refractivity contribution in [3.8, 4) is 0 Å². The Kier molecular flexibility index (Phi) is 4.30. The summed E-state index contributed by atoms with van der Waals surface area (Å²) < 4.78 is 0. The molecule has 1 aliphatic rings. The second kappa shape index (κ2) is 5.95. The Morgan fingerprint density at radius 2 is 2.00 bits per heavy atom. The third kappa shape index (κ3) is 3.40. The first-order valence-corrected chi connectivity index (χ1v) is 6.95. The average Bonchev–Trinajstić information content (AvgIpc) is 2.43. The van der Waals surface area contributed by atoms with E-state index in [0.29, 0.717) is 18.4 Å². The van der Waals surface area contributed by atoms with Crippen LogP contribution in [0.5, 0.6) is 0 Å². The van der Waals surface area contributed by atoms with E-state index in [1.54, 1.807) is 0 Å². The smallest absolute Gasteiger partial charge is 0.244 e. The normalized spacial score (nSPS) is 19.1. The molecule has 2 atom stereocenters. The molecule has 1 amide bonds. The minimum atomic E-state index is -0.200. The minimum Gasteiger partial charge on any atom is -0.381 e. The maximum atomic E-state index is 12.1. The van der Waals surface area contributed by atoms with Crippen LogP contribution in [0.1, 0.15) is 20.8 Å². The van der Waals surface area contributed by atoms with E-state index in [2.05, 4.69) is 36.7 Å². The van der Waals surface area contributed by atoms with Crippen molar-refractivity contribution in [2.24, 2.45) is 11.8 Å². The Hall–Kier alpha value is -1.71. The molecule has 3 N–H and O–H groups in total. The number of carbonyl (C=O) groups is 1. The van der Waals surface area contributed by atoms with Crippen LogP contribution in [0, 0.1) is 11.8 Å². The van der Waals surface area contributed by atoms with E-state index in [1.807, 2.05) is 24.3 Å². The van der Waals surface area contributed by atoms with Gasteiger partial charge in [0.15, 0.2) is 0 Å². The van der Waals surface area contributed by atoms with Crippen LogP contribution in [-0.2, 0) is 4.79 Å². The molecule has 1 aliphatic heterocycles. The summed E-state index contributed by atoms with van der Waals surface area (Å²) in [6.45, 7) is 7.86. The first-order valence-electron chi connectivity index (χ1n) is 6.95. The molecule has 0 saturated carbocycles. The molecule has 0 fully saturated rings. The molecular weight excluding hydrogens is 238 g/mol. The Morgan fingerprint density at radius 1 is 1.32 bits per heavy atom. The average molecular weight is 261 g/mol. The molecule has 2 rings (SSSR count). The van der Waals surface area contributed by atoms with E-state index in [0.717, 1.165) is 17.9 Å². The van der Waals surface area contributed by atoms with E-state index in [1.165, 1.54) is 0 Å². The summed E-state index contributed by atoms with van der Waals surface area (Å²) in [6, 6.07) is 7.75. The van der Waals surface area contributed by atoms with E-state index in [4.69, 9.17) is 0 Å². The highest BCUT2D eigenvalue weighted by Gasteiger charge is 2.23. The Bertz CT molecular complexity index is 445. The van der Waals surface area contributed by atoms with Gasteiger partial charge < -0.3 is 16.0 Å². The molecule has 1 heterocycles. The van der Waals surface area contributed by atoms with Gasteiger partial charge >= 0.3 is 0 Å². The lowest BCUT2D eigenvalue weighted by atomic mass is 9.98. The largest absolute Gasteiger partial charge is 0.381 e. The molecule has 104 valence electrons. The molecule has 4 nitrogen and oxygen atoms in total. The molecular formula is C15H23N3O. The third-order valence-corrected chi connectivity index (χ3v) is 3.81. The number of fused-ring (bicyclic) bond motifs is 1. The quantitative estimate of drug-likeness (QED) is 0.779. The van der Waals surface area contributed by atoms with E-state index in [9.17, 15) is 4.79 Å². The minimum absolute atomic E-state index is 0.0644. The first kappa shape index (κ1) is 13.7. The summed E-state index contributed by atoms with van der Waals surface area (Å²) in [5, 5.41) is 9.58. The summed E-state index contributed by atoms with van der Waals surface area (Å²) >= 11 is 0. The highest BCUT2D eigenvalue weighted by atomic mass is 16.2. The lowest BCUT2D eigenvalue weighted by Gasteiger charge is -2.28. The lowest BCUT2D eigenvalue weighted by molar-refractivity contribution is -0.121. The molecule has 1 aromatic carbocycles. The van der Waals surface area contributed by atoms with Crippen LogP contribution in [0.2, 0.25) is 0 Å². The number of hydrogen-bond acceptors (Lipinski definition) is 3. The summed E-state index contributed by atoms with van der Waals surface area (Å²) in [5.41, 5.74) is 2.05. The second-order valence-corrected chi connectivity index (χ2v) is 5.59. The summed E-state index contributed by atoms with van der Waals surface area (Å²) in [6.07, 6.45) is 0. The molecule has 0 aliphatic carbocycles. The van der Waals surface area contributed by atoms with Gasteiger partial charge in [0.1, 0.15) is 6.04 Å². The number of benzene rings is 1. The fourth-order valence-electron chi connectivity index (χ4n) is 1.99. The predicted octanol–water partition coefficient (Wildman–Crippen LogP) is 2.30.